The van der Waals surface area contributed by atoms with Gasteiger partial charge >= 0.3 is 5.97 Å². The fourth-order valence-corrected chi connectivity index (χ4v) is 3.26. The van der Waals surface area contributed by atoms with Crippen molar-refractivity contribution in [3.63, 3.8) is 0 Å². The van der Waals surface area contributed by atoms with Crippen LogP contribution in [0.1, 0.15) is 5.56 Å². The first kappa shape index (κ1) is 14.6. The van der Waals surface area contributed by atoms with Crippen molar-refractivity contribution in [1.29, 1.82) is 0 Å². The van der Waals surface area contributed by atoms with Gasteiger partial charge in [-0.05, 0) is 30.8 Å². The van der Waals surface area contributed by atoms with Gasteiger partial charge in [-0.15, -0.1) is 0 Å². The molecule has 0 saturated carbocycles. The maximum atomic E-state index is 11.2. The minimum atomic E-state index is -0.799. The van der Waals surface area contributed by atoms with Gasteiger partial charge < -0.3 is 14.6 Å². The maximum absolute atomic E-state index is 11.2. The molecule has 1 saturated heterocycles. The van der Waals surface area contributed by atoms with Gasteiger partial charge in [0.2, 0.25) is 0 Å². The average Bonchev–Trinajstić information content (AvgIpc) is 3.03. The van der Waals surface area contributed by atoms with Crippen molar-refractivity contribution in [3.8, 4) is 5.75 Å². The number of rotatable bonds is 4. The van der Waals surface area contributed by atoms with Gasteiger partial charge in [-0.2, -0.15) is 0 Å². The van der Waals surface area contributed by atoms with Crippen molar-refractivity contribution < 1.29 is 19.4 Å². The summed E-state index contributed by atoms with van der Waals surface area (Å²) >= 11 is 5.99. The lowest BCUT2D eigenvalue weighted by Crippen LogP contribution is -2.45. The first-order valence-corrected chi connectivity index (χ1v) is 7.38. The first-order valence-electron chi connectivity index (χ1n) is 7.00. The van der Waals surface area contributed by atoms with Crippen LogP contribution in [0.4, 0.5) is 0 Å². The Balaban J connectivity index is 1.62. The average molecular weight is 312 g/mol. The molecule has 2 aliphatic heterocycles. The molecule has 114 valence electrons. The van der Waals surface area contributed by atoms with E-state index in [1.54, 1.807) is 0 Å². The molecule has 1 aromatic carbocycles. The van der Waals surface area contributed by atoms with Crippen molar-refractivity contribution in [2.45, 2.75) is 18.6 Å². The highest BCUT2D eigenvalue weighted by Crippen LogP contribution is 2.32. The quantitative estimate of drug-likeness (QED) is 0.916. The van der Waals surface area contributed by atoms with E-state index < -0.39 is 11.9 Å². The van der Waals surface area contributed by atoms with Gasteiger partial charge in [-0.1, -0.05) is 11.6 Å². The number of likely N-dealkylation sites (N-methyl/N-ethyl adjacent to an activating group) is 1. The van der Waals surface area contributed by atoms with E-state index in [0.29, 0.717) is 18.2 Å². The van der Waals surface area contributed by atoms with E-state index in [1.165, 1.54) is 0 Å². The molecule has 3 rings (SSSR count). The molecule has 2 aliphatic rings. The first-order chi connectivity index (χ1) is 10.0. The third kappa shape index (κ3) is 3.00. The monoisotopic (exact) mass is 311 g/mol. The molecule has 1 N–H and O–H groups in total. The summed E-state index contributed by atoms with van der Waals surface area (Å²) in [6.07, 6.45) is 0.824. The van der Waals surface area contributed by atoms with E-state index in [9.17, 15) is 9.90 Å². The predicted octanol–water partition coefficient (Wildman–Crippen LogP) is 1.67. The fourth-order valence-electron chi connectivity index (χ4n) is 3.06. The summed E-state index contributed by atoms with van der Waals surface area (Å²) in [6, 6.07) is 5.53. The summed E-state index contributed by atoms with van der Waals surface area (Å²) in [6.45, 7) is 1.41. The molecule has 3 unspecified atom stereocenters. The number of carboxylic acid groups (broad SMARTS) is 1. The molecule has 1 aromatic rings. The van der Waals surface area contributed by atoms with Crippen LogP contribution < -0.4 is 4.74 Å². The van der Waals surface area contributed by atoms with E-state index in [1.807, 2.05) is 30.1 Å². The number of ether oxygens (including phenoxy) is 2. The summed E-state index contributed by atoms with van der Waals surface area (Å²) in [5.74, 6) is -0.393. The van der Waals surface area contributed by atoms with Crippen LogP contribution in [0.2, 0.25) is 5.02 Å². The van der Waals surface area contributed by atoms with Crippen LogP contribution >= 0.6 is 11.6 Å². The molecule has 0 radical (unpaired) electrons. The second-order valence-corrected chi connectivity index (χ2v) is 6.12. The Labute approximate surface area is 128 Å². The number of nitrogens with zero attached hydrogens (tertiary/aromatic N) is 1. The Morgan fingerprint density at radius 1 is 1.48 bits per heavy atom. The number of carbonyl (C=O) groups is 1. The summed E-state index contributed by atoms with van der Waals surface area (Å²) in [5.41, 5.74) is 1.11. The third-order valence-corrected chi connectivity index (χ3v) is 4.42. The van der Waals surface area contributed by atoms with Crippen molar-refractivity contribution in [2.75, 3.05) is 26.8 Å². The van der Waals surface area contributed by atoms with E-state index >= 15 is 0 Å². The van der Waals surface area contributed by atoms with E-state index in [2.05, 4.69) is 0 Å². The molecule has 0 aromatic heterocycles. The van der Waals surface area contributed by atoms with Gasteiger partial charge in [0.1, 0.15) is 11.9 Å². The van der Waals surface area contributed by atoms with Gasteiger partial charge in [0.05, 0.1) is 19.1 Å². The van der Waals surface area contributed by atoms with E-state index in [4.69, 9.17) is 21.1 Å². The molecule has 2 heterocycles. The number of aliphatic carboxylic acids is 1. The van der Waals surface area contributed by atoms with Crippen LogP contribution in [0, 0.1) is 5.92 Å². The molecule has 0 aliphatic carbocycles. The highest BCUT2D eigenvalue weighted by Gasteiger charge is 2.38. The molecule has 6 heteroatoms. The summed E-state index contributed by atoms with van der Waals surface area (Å²) in [7, 11) is 1.93. The van der Waals surface area contributed by atoms with Crippen molar-refractivity contribution >= 4 is 17.6 Å². The lowest BCUT2D eigenvalue weighted by molar-refractivity contribution is -0.143. The summed E-state index contributed by atoms with van der Waals surface area (Å²) in [5, 5.41) is 9.92. The number of halogens is 1. The van der Waals surface area contributed by atoms with Crippen molar-refractivity contribution in [1.82, 2.24) is 4.90 Å². The molecule has 0 amide bonds. The minimum absolute atomic E-state index is 0.0264. The van der Waals surface area contributed by atoms with Crippen molar-refractivity contribution in [2.24, 2.45) is 5.92 Å². The zero-order valence-electron chi connectivity index (χ0n) is 11.8. The third-order valence-electron chi connectivity index (χ3n) is 4.19. The molecule has 0 spiro atoms. The normalized spacial score (nSPS) is 27.7. The molecule has 3 atom stereocenters. The molecule has 5 nitrogen and oxygen atoms in total. The molecule has 1 fully saturated rings. The highest BCUT2D eigenvalue weighted by molar-refractivity contribution is 6.30. The Hall–Kier alpha value is -1.30. The zero-order chi connectivity index (χ0) is 15.0. The van der Waals surface area contributed by atoms with Crippen LogP contribution in [0.15, 0.2) is 18.2 Å². The largest absolute Gasteiger partial charge is 0.488 e. The lowest BCUT2D eigenvalue weighted by Gasteiger charge is -2.28. The van der Waals surface area contributed by atoms with Gasteiger partial charge in [0.15, 0.2) is 0 Å². The SMILES string of the molecule is CN(CC1Cc2cc(Cl)ccc2O1)C1COCC1C(=O)O. The van der Waals surface area contributed by atoms with E-state index in [-0.39, 0.29) is 18.8 Å². The van der Waals surface area contributed by atoms with Gasteiger partial charge in [0.25, 0.3) is 0 Å². The predicted molar refractivity (Wildman–Crippen MR) is 77.9 cm³/mol. The van der Waals surface area contributed by atoms with Crippen LogP contribution in [0.3, 0.4) is 0 Å². The van der Waals surface area contributed by atoms with Crippen LogP contribution in [-0.4, -0.2) is 54.9 Å². The lowest BCUT2D eigenvalue weighted by atomic mass is 10.0. The molecular weight excluding hydrogens is 294 g/mol. The minimum Gasteiger partial charge on any atom is -0.488 e. The van der Waals surface area contributed by atoms with Gasteiger partial charge in [0, 0.05) is 24.0 Å². The van der Waals surface area contributed by atoms with Crippen LogP contribution in [0.25, 0.3) is 0 Å². The number of carboxylic acids is 1. The number of benzene rings is 1. The van der Waals surface area contributed by atoms with Crippen molar-refractivity contribution in [3.05, 3.63) is 28.8 Å². The number of hydrogen-bond acceptors (Lipinski definition) is 4. The Morgan fingerprint density at radius 2 is 2.29 bits per heavy atom. The molecule has 21 heavy (non-hydrogen) atoms. The zero-order valence-corrected chi connectivity index (χ0v) is 12.5. The molecular formula is C15H18ClNO4. The second kappa shape index (κ2) is 5.83. The second-order valence-electron chi connectivity index (χ2n) is 5.69. The maximum Gasteiger partial charge on any atom is 0.310 e. The van der Waals surface area contributed by atoms with Gasteiger partial charge in [-0.3, -0.25) is 9.69 Å². The van der Waals surface area contributed by atoms with Crippen LogP contribution in [0.5, 0.6) is 5.75 Å². The Kier molecular flexibility index (Phi) is 4.06. The Bertz CT molecular complexity index is 550. The standard InChI is InChI=1S/C15H18ClNO4/c1-17(13-8-20-7-12(13)15(18)19)6-11-5-9-4-10(16)2-3-14(9)21-11/h2-4,11-13H,5-8H2,1H3,(H,18,19). The van der Waals surface area contributed by atoms with E-state index in [0.717, 1.165) is 17.7 Å². The summed E-state index contributed by atoms with van der Waals surface area (Å²) < 4.78 is 11.2. The van der Waals surface area contributed by atoms with Gasteiger partial charge in [-0.25, -0.2) is 0 Å². The van der Waals surface area contributed by atoms with Crippen LogP contribution in [-0.2, 0) is 16.0 Å². The highest BCUT2D eigenvalue weighted by atomic mass is 35.5. The topological polar surface area (TPSA) is 59.0 Å². The fraction of sp³-hybridized carbons (Fsp3) is 0.533. The number of hydrogen-bond donors (Lipinski definition) is 1. The smallest absolute Gasteiger partial charge is 0.310 e. The Morgan fingerprint density at radius 3 is 3.05 bits per heavy atom. The number of fused-ring (bicyclic) bond motifs is 1. The molecule has 0 bridgehead atoms. The summed E-state index contributed by atoms with van der Waals surface area (Å²) in [4.78, 5) is 13.2.